The Labute approximate surface area is 174 Å². The normalized spacial score (nSPS) is 20.9. The van der Waals surface area contributed by atoms with Gasteiger partial charge < -0.3 is 4.74 Å². The van der Waals surface area contributed by atoms with Crippen LogP contribution in [0.5, 0.6) is 0 Å². The van der Waals surface area contributed by atoms with Crippen LogP contribution in [0.25, 0.3) is 11.6 Å². The zero-order valence-corrected chi connectivity index (χ0v) is 17.1. The summed E-state index contributed by atoms with van der Waals surface area (Å²) in [6, 6.07) is 5.01. The summed E-state index contributed by atoms with van der Waals surface area (Å²) in [5.41, 5.74) is 1.98. The van der Waals surface area contributed by atoms with E-state index in [0.29, 0.717) is 22.3 Å². The van der Waals surface area contributed by atoms with Crippen LogP contribution in [0.2, 0.25) is 0 Å². The zero-order valence-electron chi connectivity index (χ0n) is 17.1. The average molecular weight is 418 g/mol. The first-order chi connectivity index (χ1) is 14.5. The minimum Gasteiger partial charge on any atom is -0.378 e. The fraction of sp³-hybridized carbons (Fsp3) is 0.440. The molecule has 0 aliphatic heterocycles. The molecular formula is C25H26F4O. The number of hydrogen-bond donors (Lipinski definition) is 0. The van der Waals surface area contributed by atoms with E-state index in [1.807, 2.05) is 0 Å². The standard InChI is InChI=1S/C25H26F4O/c1-2-3-8-30-20-6-4-15(5-7-20)18-13-23(28)25(24(29)14-18)19-9-16-11-21(26)22(27)12-17(16)10-19/h9,11-15,20H,2-8,10H2,1H3. The quantitative estimate of drug-likeness (QED) is 0.357. The summed E-state index contributed by atoms with van der Waals surface area (Å²) < 4.78 is 62.7. The third kappa shape index (κ3) is 4.31. The van der Waals surface area contributed by atoms with Crippen LogP contribution in [-0.2, 0) is 11.2 Å². The highest BCUT2D eigenvalue weighted by atomic mass is 19.2. The summed E-state index contributed by atoms with van der Waals surface area (Å²) >= 11 is 0. The van der Waals surface area contributed by atoms with Crippen LogP contribution in [0.3, 0.4) is 0 Å². The fourth-order valence-corrected chi connectivity index (χ4v) is 4.59. The third-order valence-electron chi connectivity index (χ3n) is 6.28. The largest absolute Gasteiger partial charge is 0.378 e. The van der Waals surface area contributed by atoms with Crippen molar-refractivity contribution in [2.45, 2.75) is 63.9 Å². The van der Waals surface area contributed by atoms with Crippen LogP contribution in [0.1, 0.15) is 73.6 Å². The number of ether oxygens (including phenoxy) is 1. The van der Waals surface area contributed by atoms with Gasteiger partial charge in [0.2, 0.25) is 0 Å². The lowest BCUT2D eigenvalue weighted by molar-refractivity contribution is 0.0232. The molecule has 30 heavy (non-hydrogen) atoms. The number of unbranched alkanes of at least 4 members (excludes halogenated alkanes) is 1. The van der Waals surface area contributed by atoms with Crippen molar-refractivity contribution in [3.05, 3.63) is 69.8 Å². The van der Waals surface area contributed by atoms with Gasteiger partial charge in [0, 0.05) is 12.2 Å². The summed E-state index contributed by atoms with van der Waals surface area (Å²) in [7, 11) is 0. The van der Waals surface area contributed by atoms with Crippen molar-refractivity contribution in [1.82, 2.24) is 0 Å². The summed E-state index contributed by atoms with van der Waals surface area (Å²) in [5.74, 6) is -3.03. The molecule has 0 bridgehead atoms. The first-order valence-electron chi connectivity index (χ1n) is 10.8. The number of benzene rings is 2. The summed E-state index contributed by atoms with van der Waals surface area (Å²) in [6.45, 7) is 2.90. The first kappa shape index (κ1) is 21.1. The lowest BCUT2D eigenvalue weighted by Crippen LogP contribution is -2.21. The van der Waals surface area contributed by atoms with Crippen molar-refractivity contribution in [1.29, 1.82) is 0 Å². The molecule has 0 atom stereocenters. The molecule has 1 fully saturated rings. The van der Waals surface area contributed by atoms with Gasteiger partial charge in [-0.1, -0.05) is 19.4 Å². The van der Waals surface area contributed by atoms with E-state index in [1.165, 1.54) is 18.2 Å². The molecule has 0 amide bonds. The van der Waals surface area contributed by atoms with Crippen LogP contribution >= 0.6 is 0 Å². The molecule has 2 aliphatic rings. The predicted molar refractivity (Wildman–Crippen MR) is 110 cm³/mol. The Kier molecular flexibility index (Phi) is 6.28. The van der Waals surface area contributed by atoms with Gasteiger partial charge in [-0.2, -0.15) is 0 Å². The molecule has 0 radical (unpaired) electrons. The predicted octanol–water partition coefficient (Wildman–Crippen LogP) is 7.18. The Morgan fingerprint density at radius 1 is 0.867 bits per heavy atom. The van der Waals surface area contributed by atoms with Crippen molar-refractivity contribution in [3.63, 3.8) is 0 Å². The molecule has 0 aromatic heterocycles. The lowest BCUT2D eigenvalue weighted by Gasteiger charge is -2.29. The zero-order chi connectivity index (χ0) is 21.3. The molecule has 0 heterocycles. The third-order valence-corrected chi connectivity index (χ3v) is 6.28. The Hall–Kier alpha value is -2.14. The van der Waals surface area contributed by atoms with E-state index < -0.39 is 23.3 Å². The van der Waals surface area contributed by atoms with Crippen LogP contribution in [0.15, 0.2) is 24.3 Å². The molecule has 2 aromatic carbocycles. The Morgan fingerprint density at radius 3 is 2.20 bits per heavy atom. The fourth-order valence-electron chi connectivity index (χ4n) is 4.59. The minimum absolute atomic E-state index is 0.104. The lowest BCUT2D eigenvalue weighted by atomic mass is 9.82. The van der Waals surface area contributed by atoms with Crippen LogP contribution in [0, 0.1) is 23.3 Å². The van der Waals surface area contributed by atoms with Crippen LogP contribution in [-0.4, -0.2) is 12.7 Å². The molecule has 0 unspecified atom stereocenters. The summed E-state index contributed by atoms with van der Waals surface area (Å²) in [4.78, 5) is 0. The SMILES string of the molecule is CCCCOC1CCC(c2cc(F)c(C3=Cc4cc(F)c(F)cc4C3)c(F)c2)CC1. The number of rotatable bonds is 6. The van der Waals surface area contributed by atoms with Gasteiger partial charge in [0.15, 0.2) is 11.6 Å². The van der Waals surface area contributed by atoms with E-state index >= 15 is 0 Å². The first-order valence-corrected chi connectivity index (χ1v) is 10.8. The maximum Gasteiger partial charge on any atom is 0.159 e. The van der Waals surface area contributed by atoms with E-state index in [-0.39, 0.29) is 24.0 Å². The van der Waals surface area contributed by atoms with Crippen LogP contribution in [0.4, 0.5) is 17.6 Å². The Morgan fingerprint density at radius 2 is 1.53 bits per heavy atom. The highest BCUT2D eigenvalue weighted by molar-refractivity contribution is 5.89. The molecule has 160 valence electrons. The Balaban J connectivity index is 1.48. The molecular weight excluding hydrogens is 392 g/mol. The summed E-state index contributed by atoms with van der Waals surface area (Å²) in [6.07, 6.45) is 7.61. The molecule has 0 N–H and O–H groups in total. The van der Waals surface area contributed by atoms with Crippen LogP contribution < -0.4 is 0 Å². The second-order valence-corrected chi connectivity index (χ2v) is 8.37. The molecule has 1 saturated carbocycles. The van der Waals surface area contributed by atoms with Gasteiger partial charge >= 0.3 is 0 Å². The van der Waals surface area contributed by atoms with E-state index in [9.17, 15) is 17.6 Å². The maximum absolute atomic E-state index is 14.9. The second kappa shape index (κ2) is 8.93. The van der Waals surface area contributed by atoms with Gasteiger partial charge in [0.1, 0.15) is 11.6 Å². The van der Waals surface area contributed by atoms with Gasteiger partial charge in [-0.05, 0) is 91.0 Å². The molecule has 2 aliphatic carbocycles. The highest BCUT2D eigenvalue weighted by Gasteiger charge is 2.27. The molecule has 4 rings (SSSR count). The molecule has 0 spiro atoms. The monoisotopic (exact) mass is 418 g/mol. The van der Waals surface area contributed by atoms with Gasteiger partial charge in [0.25, 0.3) is 0 Å². The van der Waals surface area contributed by atoms with Gasteiger partial charge in [-0.15, -0.1) is 0 Å². The van der Waals surface area contributed by atoms with Crippen molar-refractivity contribution in [3.8, 4) is 0 Å². The van der Waals surface area contributed by atoms with Crippen molar-refractivity contribution >= 4 is 11.6 Å². The van der Waals surface area contributed by atoms with E-state index in [1.54, 1.807) is 0 Å². The highest BCUT2D eigenvalue weighted by Crippen LogP contribution is 2.39. The van der Waals surface area contributed by atoms with Crippen molar-refractivity contribution in [2.24, 2.45) is 0 Å². The second-order valence-electron chi connectivity index (χ2n) is 8.37. The van der Waals surface area contributed by atoms with Gasteiger partial charge in [-0.25, -0.2) is 17.6 Å². The maximum atomic E-state index is 14.9. The number of hydrogen-bond acceptors (Lipinski definition) is 1. The van der Waals surface area contributed by atoms with Crippen molar-refractivity contribution < 1.29 is 22.3 Å². The van der Waals surface area contributed by atoms with E-state index in [0.717, 1.165) is 57.3 Å². The molecule has 2 aromatic rings. The minimum atomic E-state index is -0.961. The summed E-state index contributed by atoms with van der Waals surface area (Å²) in [5, 5.41) is 0. The van der Waals surface area contributed by atoms with E-state index in [4.69, 9.17) is 4.74 Å². The number of halogens is 4. The number of fused-ring (bicyclic) bond motifs is 1. The average Bonchev–Trinajstić information content (AvgIpc) is 3.10. The smallest absolute Gasteiger partial charge is 0.159 e. The Bertz CT molecular complexity index is 935. The van der Waals surface area contributed by atoms with E-state index in [2.05, 4.69) is 6.92 Å². The van der Waals surface area contributed by atoms with Gasteiger partial charge in [-0.3, -0.25) is 0 Å². The van der Waals surface area contributed by atoms with Crippen molar-refractivity contribution in [2.75, 3.05) is 6.61 Å². The molecule has 1 nitrogen and oxygen atoms in total. The molecule has 0 saturated heterocycles. The molecule has 5 heteroatoms. The number of allylic oxidation sites excluding steroid dienone is 1. The topological polar surface area (TPSA) is 9.23 Å². The van der Waals surface area contributed by atoms with Gasteiger partial charge in [0.05, 0.1) is 6.10 Å².